The van der Waals surface area contributed by atoms with Crippen LogP contribution in [0.1, 0.15) is 5.56 Å². The summed E-state index contributed by atoms with van der Waals surface area (Å²) in [6.07, 6.45) is 1.61. The van der Waals surface area contributed by atoms with E-state index in [1.165, 1.54) is 6.07 Å². The predicted octanol–water partition coefficient (Wildman–Crippen LogP) is 3.29. The Labute approximate surface area is 89.3 Å². The van der Waals surface area contributed by atoms with Gasteiger partial charge in [-0.25, -0.2) is 4.39 Å². The van der Waals surface area contributed by atoms with Crippen LogP contribution in [0.15, 0.2) is 28.9 Å². The molecule has 1 aromatic heterocycles. The Morgan fingerprint density at radius 2 is 2.21 bits per heavy atom. The lowest BCUT2D eigenvalue weighted by Gasteiger charge is -2.01. The monoisotopic (exact) mass is 254 g/mol. The van der Waals surface area contributed by atoms with Gasteiger partial charge in [-0.1, -0.05) is 6.07 Å². The van der Waals surface area contributed by atoms with E-state index < -0.39 is 0 Å². The molecule has 1 N–H and O–H groups in total. The largest absolute Gasteiger partial charge is 0.277 e. The standard InChI is InChI=1S/C10H8BrFN2/c1-6-2-3-7(9(12)4-6)10-8(11)5-13-14-10/h2-5H,1H3,(H,13,14). The van der Waals surface area contributed by atoms with Crippen molar-refractivity contribution in [2.75, 3.05) is 0 Å². The second-order valence-electron chi connectivity index (χ2n) is 3.08. The van der Waals surface area contributed by atoms with E-state index in [4.69, 9.17) is 0 Å². The Balaban J connectivity index is 2.58. The summed E-state index contributed by atoms with van der Waals surface area (Å²) in [4.78, 5) is 0. The summed E-state index contributed by atoms with van der Waals surface area (Å²) in [5, 5.41) is 6.57. The van der Waals surface area contributed by atoms with Crippen molar-refractivity contribution in [3.63, 3.8) is 0 Å². The molecule has 4 heteroatoms. The lowest BCUT2D eigenvalue weighted by atomic mass is 10.1. The van der Waals surface area contributed by atoms with E-state index in [2.05, 4.69) is 26.1 Å². The Bertz CT molecular complexity index is 465. The van der Waals surface area contributed by atoms with E-state index >= 15 is 0 Å². The maximum Gasteiger partial charge on any atom is 0.132 e. The van der Waals surface area contributed by atoms with Crippen LogP contribution in [-0.4, -0.2) is 10.2 Å². The summed E-state index contributed by atoms with van der Waals surface area (Å²) < 4.78 is 14.3. The molecule has 1 heterocycles. The summed E-state index contributed by atoms with van der Waals surface area (Å²) in [7, 11) is 0. The molecule has 0 amide bonds. The highest BCUT2D eigenvalue weighted by Crippen LogP contribution is 2.27. The van der Waals surface area contributed by atoms with Gasteiger partial charge in [0.05, 0.1) is 16.4 Å². The number of aromatic amines is 1. The first-order valence-corrected chi connectivity index (χ1v) is 4.93. The smallest absolute Gasteiger partial charge is 0.132 e. The van der Waals surface area contributed by atoms with Crippen LogP contribution in [0.4, 0.5) is 4.39 Å². The third-order valence-electron chi connectivity index (χ3n) is 1.99. The predicted molar refractivity (Wildman–Crippen MR) is 56.4 cm³/mol. The van der Waals surface area contributed by atoms with Crippen LogP contribution >= 0.6 is 15.9 Å². The number of hydrogen-bond acceptors (Lipinski definition) is 1. The fraction of sp³-hybridized carbons (Fsp3) is 0.100. The van der Waals surface area contributed by atoms with E-state index in [-0.39, 0.29) is 5.82 Å². The van der Waals surface area contributed by atoms with E-state index in [0.29, 0.717) is 11.3 Å². The zero-order valence-electron chi connectivity index (χ0n) is 7.51. The highest BCUT2D eigenvalue weighted by atomic mass is 79.9. The van der Waals surface area contributed by atoms with Gasteiger partial charge in [0.15, 0.2) is 0 Å². The molecule has 72 valence electrons. The van der Waals surface area contributed by atoms with Gasteiger partial charge in [0, 0.05) is 5.56 Å². The van der Waals surface area contributed by atoms with Crippen molar-refractivity contribution in [1.82, 2.24) is 10.2 Å². The van der Waals surface area contributed by atoms with Crippen LogP contribution in [-0.2, 0) is 0 Å². The maximum absolute atomic E-state index is 13.5. The fourth-order valence-corrected chi connectivity index (χ4v) is 1.69. The molecule has 0 aliphatic carbocycles. The lowest BCUT2D eigenvalue weighted by molar-refractivity contribution is 0.629. The minimum Gasteiger partial charge on any atom is -0.277 e. The van der Waals surface area contributed by atoms with Gasteiger partial charge in [0.2, 0.25) is 0 Å². The van der Waals surface area contributed by atoms with E-state index in [1.54, 1.807) is 12.3 Å². The third kappa shape index (κ3) is 1.57. The highest BCUT2D eigenvalue weighted by molar-refractivity contribution is 9.10. The van der Waals surface area contributed by atoms with Gasteiger partial charge in [-0.15, -0.1) is 0 Å². The molecule has 0 unspecified atom stereocenters. The average Bonchev–Trinajstić information content (AvgIpc) is 2.52. The number of aromatic nitrogens is 2. The molecule has 0 aliphatic heterocycles. The van der Waals surface area contributed by atoms with Crippen molar-refractivity contribution < 1.29 is 4.39 Å². The van der Waals surface area contributed by atoms with Crippen LogP contribution in [0, 0.1) is 12.7 Å². The van der Waals surface area contributed by atoms with Crippen LogP contribution in [0.3, 0.4) is 0 Å². The molecular weight excluding hydrogens is 247 g/mol. The number of halogens is 2. The van der Waals surface area contributed by atoms with E-state index in [0.717, 1.165) is 10.0 Å². The average molecular weight is 255 g/mol. The van der Waals surface area contributed by atoms with Crippen molar-refractivity contribution in [3.05, 3.63) is 40.2 Å². The van der Waals surface area contributed by atoms with Crippen molar-refractivity contribution in [1.29, 1.82) is 0 Å². The first-order chi connectivity index (χ1) is 6.68. The molecule has 1 aromatic carbocycles. The van der Waals surface area contributed by atoms with E-state index in [1.807, 2.05) is 13.0 Å². The third-order valence-corrected chi connectivity index (χ3v) is 2.59. The normalized spacial score (nSPS) is 10.5. The van der Waals surface area contributed by atoms with Crippen molar-refractivity contribution in [2.24, 2.45) is 0 Å². The minimum atomic E-state index is -0.241. The topological polar surface area (TPSA) is 28.7 Å². The number of rotatable bonds is 1. The molecule has 2 aromatic rings. The van der Waals surface area contributed by atoms with Crippen LogP contribution in [0.2, 0.25) is 0 Å². The molecule has 2 rings (SSSR count). The van der Waals surface area contributed by atoms with Gasteiger partial charge in [-0.3, -0.25) is 5.10 Å². The molecule has 0 fully saturated rings. The van der Waals surface area contributed by atoms with Gasteiger partial charge in [-0.2, -0.15) is 5.10 Å². The molecule has 0 saturated carbocycles. The lowest BCUT2D eigenvalue weighted by Crippen LogP contribution is -1.86. The number of aryl methyl sites for hydroxylation is 1. The summed E-state index contributed by atoms with van der Waals surface area (Å²) in [5.41, 5.74) is 2.10. The van der Waals surface area contributed by atoms with Gasteiger partial charge in [0.1, 0.15) is 5.82 Å². The van der Waals surface area contributed by atoms with Gasteiger partial charge < -0.3 is 0 Å². The summed E-state index contributed by atoms with van der Waals surface area (Å²) in [6, 6.07) is 5.11. The number of benzene rings is 1. The summed E-state index contributed by atoms with van der Waals surface area (Å²) in [5.74, 6) is -0.241. The van der Waals surface area contributed by atoms with Crippen molar-refractivity contribution >= 4 is 15.9 Å². The van der Waals surface area contributed by atoms with Crippen LogP contribution in [0.5, 0.6) is 0 Å². The SMILES string of the molecule is Cc1ccc(-c2[nH]ncc2Br)c(F)c1. The van der Waals surface area contributed by atoms with Crippen molar-refractivity contribution in [3.8, 4) is 11.3 Å². The zero-order valence-corrected chi connectivity index (χ0v) is 9.10. The second-order valence-corrected chi connectivity index (χ2v) is 3.93. The summed E-state index contributed by atoms with van der Waals surface area (Å²) in [6.45, 7) is 1.86. The molecule has 2 nitrogen and oxygen atoms in total. The highest BCUT2D eigenvalue weighted by Gasteiger charge is 2.09. The molecule has 0 atom stereocenters. The van der Waals surface area contributed by atoms with E-state index in [9.17, 15) is 4.39 Å². The molecule has 0 saturated heterocycles. The second kappa shape index (κ2) is 3.53. The first kappa shape index (κ1) is 9.40. The van der Waals surface area contributed by atoms with Crippen molar-refractivity contribution in [2.45, 2.75) is 6.92 Å². The number of nitrogens with one attached hydrogen (secondary N) is 1. The molecule has 0 aliphatic rings. The van der Waals surface area contributed by atoms with Gasteiger partial charge in [0.25, 0.3) is 0 Å². The maximum atomic E-state index is 13.5. The van der Waals surface area contributed by atoms with Gasteiger partial charge >= 0.3 is 0 Å². The molecule has 0 spiro atoms. The zero-order chi connectivity index (χ0) is 10.1. The number of nitrogens with zero attached hydrogens (tertiary/aromatic N) is 1. The Hall–Kier alpha value is -1.16. The van der Waals surface area contributed by atoms with Gasteiger partial charge in [-0.05, 0) is 40.5 Å². The van der Waals surface area contributed by atoms with Crippen LogP contribution < -0.4 is 0 Å². The molecule has 0 radical (unpaired) electrons. The Morgan fingerprint density at radius 1 is 1.43 bits per heavy atom. The molecule has 14 heavy (non-hydrogen) atoms. The van der Waals surface area contributed by atoms with Crippen LogP contribution in [0.25, 0.3) is 11.3 Å². The number of H-pyrrole nitrogens is 1. The number of hydrogen-bond donors (Lipinski definition) is 1. The Morgan fingerprint density at radius 3 is 2.79 bits per heavy atom. The molecule has 0 bridgehead atoms. The fourth-order valence-electron chi connectivity index (χ4n) is 1.28. The summed E-state index contributed by atoms with van der Waals surface area (Å²) >= 11 is 3.30. The quantitative estimate of drug-likeness (QED) is 0.832. The Kier molecular flexibility index (Phi) is 2.37. The first-order valence-electron chi connectivity index (χ1n) is 4.14. The minimum absolute atomic E-state index is 0.241. The molecular formula is C10H8BrFN2.